The molecule has 0 N–H and O–H groups in total. The van der Waals surface area contributed by atoms with Crippen molar-refractivity contribution in [1.29, 1.82) is 0 Å². The van der Waals surface area contributed by atoms with Crippen LogP contribution in [0, 0.1) is 0 Å². The lowest BCUT2D eigenvalue weighted by atomic mass is 9.98. The van der Waals surface area contributed by atoms with Crippen LogP contribution in [0.5, 0.6) is 0 Å². The molecule has 0 unspecified atom stereocenters. The molecule has 2 aromatic carbocycles. The SMILES string of the molecule is O=C(OCC(=O)N1CCCCC1)c1ccccc1C(=O)c1ccc(Cl)cc1. The van der Waals surface area contributed by atoms with E-state index in [0.717, 1.165) is 19.3 Å². The normalized spacial score (nSPS) is 13.9. The van der Waals surface area contributed by atoms with Crippen molar-refractivity contribution in [3.8, 4) is 0 Å². The van der Waals surface area contributed by atoms with Crippen LogP contribution in [0.15, 0.2) is 48.5 Å². The van der Waals surface area contributed by atoms with Crippen molar-refractivity contribution < 1.29 is 19.1 Å². The lowest BCUT2D eigenvalue weighted by Gasteiger charge is -2.26. The van der Waals surface area contributed by atoms with Gasteiger partial charge in [-0.1, -0.05) is 29.8 Å². The van der Waals surface area contributed by atoms with E-state index in [1.807, 2.05) is 0 Å². The Labute approximate surface area is 162 Å². The Morgan fingerprint density at radius 2 is 1.52 bits per heavy atom. The van der Waals surface area contributed by atoms with Crippen molar-refractivity contribution in [2.75, 3.05) is 19.7 Å². The molecule has 1 aliphatic heterocycles. The number of carbonyl (C=O) groups excluding carboxylic acids is 3. The molecule has 6 heteroatoms. The number of ether oxygens (including phenoxy) is 1. The van der Waals surface area contributed by atoms with Gasteiger partial charge in [-0.2, -0.15) is 0 Å². The minimum Gasteiger partial charge on any atom is -0.452 e. The second-order valence-corrected chi connectivity index (χ2v) is 6.84. The Morgan fingerprint density at radius 1 is 0.889 bits per heavy atom. The first-order valence-electron chi connectivity index (χ1n) is 8.90. The number of carbonyl (C=O) groups is 3. The summed E-state index contributed by atoms with van der Waals surface area (Å²) in [5.41, 5.74) is 0.795. The summed E-state index contributed by atoms with van der Waals surface area (Å²) in [5.74, 6) is -1.19. The molecule has 0 atom stereocenters. The number of ketones is 1. The minimum atomic E-state index is -0.682. The van der Waals surface area contributed by atoms with Gasteiger partial charge in [0, 0.05) is 29.2 Å². The third-order valence-corrected chi connectivity index (χ3v) is 4.79. The molecule has 0 aliphatic carbocycles. The van der Waals surface area contributed by atoms with Crippen molar-refractivity contribution in [2.24, 2.45) is 0 Å². The van der Waals surface area contributed by atoms with Gasteiger partial charge in [-0.15, -0.1) is 0 Å². The molecule has 0 aromatic heterocycles. The van der Waals surface area contributed by atoms with E-state index in [4.69, 9.17) is 16.3 Å². The van der Waals surface area contributed by atoms with Gasteiger partial charge < -0.3 is 9.64 Å². The van der Waals surface area contributed by atoms with Crippen LogP contribution in [0.4, 0.5) is 0 Å². The predicted molar refractivity (Wildman–Crippen MR) is 102 cm³/mol. The van der Waals surface area contributed by atoms with Gasteiger partial charge in [0.15, 0.2) is 12.4 Å². The molecule has 0 radical (unpaired) electrons. The van der Waals surface area contributed by atoms with Crippen LogP contribution in [0.2, 0.25) is 5.02 Å². The molecule has 3 rings (SSSR count). The van der Waals surface area contributed by atoms with E-state index in [2.05, 4.69) is 0 Å². The van der Waals surface area contributed by atoms with E-state index in [1.54, 1.807) is 47.4 Å². The second kappa shape index (κ2) is 8.82. The summed E-state index contributed by atoms with van der Waals surface area (Å²) >= 11 is 5.86. The van der Waals surface area contributed by atoms with Gasteiger partial charge in [0.05, 0.1) is 5.56 Å². The van der Waals surface area contributed by atoms with Gasteiger partial charge in [0.1, 0.15) is 0 Å². The largest absolute Gasteiger partial charge is 0.452 e. The smallest absolute Gasteiger partial charge is 0.339 e. The average Bonchev–Trinajstić information content (AvgIpc) is 2.72. The summed E-state index contributed by atoms with van der Waals surface area (Å²) < 4.78 is 5.19. The van der Waals surface area contributed by atoms with Gasteiger partial charge in [-0.25, -0.2) is 4.79 Å². The van der Waals surface area contributed by atoms with Gasteiger partial charge >= 0.3 is 5.97 Å². The Morgan fingerprint density at radius 3 is 2.19 bits per heavy atom. The average molecular weight is 386 g/mol. The fraction of sp³-hybridized carbons (Fsp3) is 0.286. The highest BCUT2D eigenvalue weighted by molar-refractivity contribution is 6.30. The summed E-state index contributed by atoms with van der Waals surface area (Å²) in [5, 5.41) is 0.524. The number of piperidine rings is 1. The van der Waals surface area contributed by atoms with Crippen LogP contribution in [-0.2, 0) is 9.53 Å². The van der Waals surface area contributed by atoms with E-state index in [-0.39, 0.29) is 29.4 Å². The third-order valence-electron chi connectivity index (χ3n) is 4.53. The number of benzene rings is 2. The van der Waals surface area contributed by atoms with Gasteiger partial charge in [-0.3, -0.25) is 9.59 Å². The van der Waals surface area contributed by atoms with Crippen LogP contribution < -0.4 is 0 Å². The zero-order valence-corrected chi connectivity index (χ0v) is 15.6. The Balaban J connectivity index is 1.71. The molecule has 5 nitrogen and oxygen atoms in total. The lowest BCUT2D eigenvalue weighted by molar-refractivity contribution is -0.135. The van der Waals surface area contributed by atoms with Gasteiger partial charge in [0.2, 0.25) is 0 Å². The number of halogens is 1. The number of rotatable bonds is 5. The van der Waals surface area contributed by atoms with Crippen molar-refractivity contribution in [3.05, 3.63) is 70.2 Å². The second-order valence-electron chi connectivity index (χ2n) is 6.40. The molecule has 0 bridgehead atoms. The molecule has 1 amide bonds. The molecular formula is C21H20ClNO4. The number of likely N-dealkylation sites (tertiary alicyclic amines) is 1. The maximum Gasteiger partial charge on any atom is 0.339 e. The zero-order valence-electron chi connectivity index (χ0n) is 14.8. The van der Waals surface area contributed by atoms with Crippen molar-refractivity contribution in [1.82, 2.24) is 4.90 Å². The monoisotopic (exact) mass is 385 g/mol. The first kappa shape index (κ1) is 19.1. The summed E-state index contributed by atoms with van der Waals surface area (Å²) in [4.78, 5) is 39.1. The Hall–Kier alpha value is -2.66. The summed E-state index contributed by atoms with van der Waals surface area (Å²) in [6.07, 6.45) is 3.06. The first-order valence-corrected chi connectivity index (χ1v) is 9.28. The molecule has 1 saturated heterocycles. The van der Waals surface area contributed by atoms with Crippen LogP contribution in [0.25, 0.3) is 0 Å². The number of amides is 1. The summed E-state index contributed by atoms with van der Waals surface area (Å²) in [7, 11) is 0. The van der Waals surface area contributed by atoms with Gasteiger partial charge in [0.25, 0.3) is 5.91 Å². The highest BCUT2D eigenvalue weighted by Gasteiger charge is 2.22. The van der Waals surface area contributed by atoms with Crippen molar-refractivity contribution >= 4 is 29.3 Å². The van der Waals surface area contributed by atoms with E-state index < -0.39 is 5.97 Å². The standard InChI is InChI=1S/C21H20ClNO4/c22-16-10-8-15(9-11-16)20(25)17-6-2-3-7-18(17)21(26)27-14-19(24)23-12-4-1-5-13-23/h2-3,6-11H,1,4-5,12-14H2. The first-order chi connectivity index (χ1) is 13.1. The minimum absolute atomic E-state index is 0.142. The highest BCUT2D eigenvalue weighted by Crippen LogP contribution is 2.18. The van der Waals surface area contributed by atoms with Crippen molar-refractivity contribution in [3.63, 3.8) is 0 Å². The molecule has 140 valence electrons. The topological polar surface area (TPSA) is 63.7 Å². The summed E-state index contributed by atoms with van der Waals surface area (Å²) in [6, 6.07) is 12.9. The lowest BCUT2D eigenvalue weighted by Crippen LogP contribution is -2.38. The van der Waals surface area contributed by atoms with Crippen molar-refractivity contribution in [2.45, 2.75) is 19.3 Å². The predicted octanol–water partition coefficient (Wildman–Crippen LogP) is 3.74. The van der Waals surface area contributed by atoms with Gasteiger partial charge in [-0.05, 0) is 49.6 Å². The van der Waals surface area contributed by atoms with E-state index >= 15 is 0 Å². The highest BCUT2D eigenvalue weighted by atomic mass is 35.5. The molecule has 1 fully saturated rings. The number of hydrogen-bond donors (Lipinski definition) is 0. The maximum absolute atomic E-state index is 12.7. The molecule has 27 heavy (non-hydrogen) atoms. The molecular weight excluding hydrogens is 366 g/mol. The van der Waals surface area contributed by atoms with Crippen LogP contribution in [0.1, 0.15) is 45.5 Å². The van der Waals surface area contributed by atoms with Crippen LogP contribution >= 0.6 is 11.6 Å². The third kappa shape index (κ3) is 4.74. The fourth-order valence-corrected chi connectivity index (χ4v) is 3.18. The van der Waals surface area contributed by atoms with Crippen LogP contribution in [0.3, 0.4) is 0 Å². The van der Waals surface area contributed by atoms with E-state index in [0.29, 0.717) is 23.7 Å². The zero-order chi connectivity index (χ0) is 19.2. The Bertz CT molecular complexity index is 842. The molecule has 2 aromatic rings. The number of esters is 1. The molecule has 1 heterocycles. The van der Waals surface area contributed by atoms with E-state index in [1.165, 1.54) is 6.07 Å². The number of hydrogen-bond acceptors (Lipinski definition) is 4. The molecule has 0 spiro atoms. The quantitative estimate of drug-likeness (QED) is 0.581. The molecule has 0 saturated carbocycles. The Kier molecular flexibility index (Phi) is 6.24. The molecule has 1 aliphatic rings. The number of nitrogens with zero attached hydrogens (tertiary/aromatic N) is 1. The summed E-state index contributed by atoms with van der Waals surface area (Å²) in [6.45, 7) is 1.08. The van der Waals surface area contributed by atoms with Crippen LogP contribution in [-0.4, -0.2) is 42.3 Å². The fourth-order valence-electron chi connectivity index (χ4n) is 3.06. The maximum atomic E-state index is 12.7. The van der Waals surface area contributed by atoms with E-state index in [9.17, 15) is 14.4 Å².